The van der Waals surface area contributed by atoms with Gasteiger partial charge in [0.1, 0.15) is 5.58 Å². The molecule has 12 aromatic rings. The average Bonchev–Trinajstić information content (AvgIpc) is 3.97. The Bertz CT molecular complexity index is 3880. The third kappa shape index (κ3) is 4.43. The molecule has 61 heavy (non-hydrogen) atoms. The van der Waals surface area contributed by atoms with Gasteiger partial charge in [0.2, 0.25) is 0 Å². The van der Waals surface area contributed by atoms with Gasteiger partial charge in [0.25, 0.3) is 0 Å². The van der Waals surface area contributed by atoms with E-state index in [1.165, 1.54) is 103 Å². The zero-order chi connectivity index (χ0) is 40.3. The minimum atomic E-state index is -0.0897. The van der Waals surface area contributed by atoms with Crippen LogP contribution in [0.25, 0.3) is 96.9 Å². The molecule has 0 radical (unpaired) electrons. The Kier molecular flexibility index (Phi) is 6.53. The molecule has 0 saturated carbocycles. The molecule has 0 unspecified atom stereocenters. The minimum Gasteiger partial charge on any atom is -0.454 e. The van der Waals surface area contributed by atoms with Crippen LogP contribution in [0.4, 0.5) is 17.1 Å². The summed E-state index contributed by atoms with van der Waals surface area (Å²) in [5.74, 6) is 0. The number of fused-ring (bicyclic) bond motifs is 16. The smallest absolute Gasteiger partial charge is 0.333 e. The molecule has 2 aliphatic rings. The van der Waals surface area contributed by atoms with E-state index in [2.05, 4.69) is 200 Å². The van der Waals surface area contributed by atoms with Crippen molar-refractivity contribution in [3.8, 4) is 22.3 Å². The SMILES string of the molecule is CC(C)(C)c1cc2c3c(c1)c1c4ccccc4ccc1n3B1c3ccc(-c4ccccc4)cc3N(c3cccc4c3oc3ccccc34)c3cc4sc5ccccc5c4c-2c31. The Morgan fingerprint density at radius 1 is 0.541 bits per heavy atom. The maximum Gasteiger partial charge on any atom is 0.333 e. The Balaban J connectivity index is 1.22. The van der Waals surface area contributed by atoms with Crippen molar-refractivity contribution < 1.29 is 4.42 Å². The summed E-state index contributed by atoms with van der Waals surface area (Å²) in [6.45, 7) is 6.98. The van der Waals surface area contributed by atoms with Crippen LogP contribution in [-0.2, 0) is 5.41 Å². The van der Waals surface area contributed by atoms with Gasteiger partial charge < -0.3 is 13.8 Å². The van der Waals surface area contributed by atoms with Gasteiger partial charge in [0.15, 0.2) is 5.58 Å². The first-order chi connectivity index (χ1) is 29.9. The molecule has 0 saturated heterocycles. The third-order valence-corrected chi connectivity index (χ3v) is 14.8. The highest BCUT2D eigenvalue weighted by Gasteiger charge is 2.45. The number of hydrogen-bond acceptors (Lipinski definition) is 3. The van der Waals surface area contributed by atoms with Crippen LogP contribution in [0.2, 0.25) is 0 Å². The lowest BCUT2D eigenvalue weighted by Gasteiger charge is -2.41. The van der Waals surface area contributed by atoms with E-state index in [1.807, 2.05) is 11.3 Å². The van der Waals surface area contributed by atoms with Crippen molar-refractivity contribution in [1.82, 2.24) is 4.48 Å². The molecule has 0 aliphatic carbocycles. The molecular weight excluding hydrogens is 760 g/mol. The highest BCUT2D eigenvalue weighted by molar-refractivity contribution is 7.26. The van der Waals surface area contributed by atoms with Gasteiger partial charge in [-0.3, -0.25) is 0 Å². The fraction of sp³-hybridized carbons (Fsp3) is 0.0714. The van der Waals surface area contributed by atoms with Gasteiger partial charge in [-0.25, -0.2) is 0 Å². The first-order valence-corrected chi connectivity index (χ1v) is 22.1. The molecular formula is C56H37BN2OS. The van der Waals surface area contributed by atoms with Crippen LogP contribution in [0, 0.1) is 0 Å². The molecule has 3 nitrogen and oxygen atoms in total. The predicted octanol–water partition coefficient (Wildman–Crippen LogP) is 14.6. The van der Waals surface area contributed by atoms with Crippen LogP contribution >= 0.6 is 11.3 Å². The van der Waals surface area contributed by atoms with Crippen LogP contribution in [0.1, 0.15) is 26.3 Å². The van der Waals surface area contributed by atoms with Gasteiger partial charge in [-0.05, 0) is 97.9 Å². The lowest BCUT2D eigenvalue weighted by molar-refractivity contribution is 0.591. The van der Waals surface area contributed by atoms with E-state index in [-0.39, 0.29) is 12.3 Å². The van der Waals surface area contributed by atoms with Gasteiger partial charge in [0.05, 0.1) is 5.69 Å². The Labute approximate surface area is 356 Å². The van der Waals surface area contributed by atoms with E-state index in [4.69, 9.17) is 4.42 Å². The summed E-state index contributed by atoms with van der Waals surface area (Å²) in [4.78, 5) is 2.54. The number of para-hydroxylation sites is 2. The molecule has 0 N–H and O–H groups in total. The van der Waals surface area contributed by atoms with Crippen molar-refractivity contribution >= 4 is 121 Å². The zero-order valence-corrected chi connectivity index (χ0v) is 34.8. The number of furan rings is 1. The first-order valence-electron chi connectivity index (χ1n) is 21.3. The highest BCUT2D eigenvalue weighted by atomic mass is 32.1. The van der Waals surface area contributed by atoms with Crippen molar-refractivity contribution in [3.05, 3.63) is 175 Å². The third-order valence-electron chi connectivity index (χ3n) is 13.7. The van der Waals surface area contributed by atoms with Gasteiger partial charge in [-0.2, -0.15) is 0 Å². The Hall–Kier alpha value is -7.08. The minimum absolute atomic E-state index is 0.0748. The van der Waals surface area contributed by atoms with Crippen molar-refractivity contribution in [3.63, 3.8) is 0 Å². The molecule has 5 heterocycles. The maximum atomic E-state index is 6.91. The Morgan fingerprint density at radius 3 is 2.18 bits per heavy atom. The fourth-order valence-electron chi connectivity index (χ4n) is 11.0. The van der Waals surface area contributed by atoms with Crippen molar-refractivity contribution in [2.75, 3.05) is 4.90 Å². The lowest BCUT2D eigenvalue weighted by Crippen LogP contribution is -2.56. The number of hydrogen-bond donors (Lipinski definition) is 0. The quantitative estimate of drug-likeness (QED) is 0.163. The Morgan fingerprint density at radius 2 is 1.31 bits per heavy atom. The molecule has 0 atom stereocenters. The second-order valence-electron chi connectivity index (χ2n) is 18.0. The summed E-state index contributed by atoms with van der Waals surface area (Å²) < 4.78 is 12.2. The molecule has 5 heteroatoms. The highest BCUT2D eigenvalue weighted by Crippen LogP contribution is 2.53. The number of nitrogens with zero attached hydrogens (tertiary/aromatic N) is 2. The number of benzene rings is 9. The maximum absolute atomic E-state index is 6.91. The number of rotatable bonds is 2. The average molecular weight is 797 g/mol. The molecule has 0 fully saturated rings. The van der Waals surface area contributed by atoms with E-state index in [1.54, 1.807) is 0 Å². The van der Waals surface area contributed by atoms with Crippen molar-refractivity contribution in [2.24, 2.45) is 0 Å². The molecule has 2 aliphatic heterocycles. The molecule has 0 bridgehead atoms. The van der Waals surface area contributed by atoms with Gasteiger partial charge in [-0.1, -0.05) is 142 Å². The molecule has 0 amide bonds. The second-order valence-corrected chi connectivity index (χ2v) is 19.1. The fourth-order valence-corrected chi connectivity index (χ4v) is 12.1. The van der Waals surface area contributed by atoms with Crippen LogP contribution in [-0.4, -0.2) is 11.3 Å². The molecule has 286 valence electrons. The van der Waals surface area contributed by atoms with E-state index in [0.29, 0.717) is 0 Å². The molecule has 9 aromatic carbocycles. The zero-order valence-electron chi connectivity index (χ0n) is 34.0. The van der Waals surface area contributed by atoms with Crippen LogP contribution in [0.3, 0.4) is 0 Å². The van der Waals surface area contributed by atoms with E-state index >= 15 is 0 Å². The molecule has 14 rings (SSSR count). The lowest BCUT2D eigenvalue weighted by atomic mass is 9.44. The van der Waals surface area contributed by atoms with Gasteiger partial charge in [0, 0.05) is 69.7 Å². The van der Waals surface area contributed by atoms with Crippen LogP contribution in [0.15, 0.2) is 174 Å². The van der Waals surface area contributed by atoms with E-state index in [9.17, 15) is 0 Å². The predicted molar refractivity (Wildman–Crippen MR) is 262 cm³/mol. The standard InChI is InChI=1S/C56H37BN2OS/c1-56(2,3)35-29-40-50-36-17-8-7-16-33(36)25-27-43(50)59-54(40)41(30-35)52-51-39-19-10-12-23-48(39)61-49(51)31-46-53(52)57(59)42-26-24-34(32-14-5-4-6-15-32)28-45(42)58(46)44-21-13-20-38-37-18-9-11-22-47(37)60-55(38)44/h4-31H,1-3H3. The number of anilines is 3. The second kappa shape index (κ2) is 11.8. The summed E-state index contributed by atoms with van der Waals surface area (Å²) in [5.41, 5.74) is 16.7. The summed E-state index contributed by atoms with van der Waals surface area (Å²) in [6, 6.07) is 63.4. The summed E-state index contributed by atoms with van der Waals surface area (Å²) in [5, 5.41) is 10.1. The summed E-state index contributed by atoms with van der Waals surface area (Å²) >= 11 is 1.91. The topological polar surface area (TPSA) is 21.3 Å². The largest absolute Gasteiger partial charge is 0.454 e. The van der Waals surface area contributed by atoms with Crippen LogP contribution < -0.4 is 15.8 Å². The van der Waals surface area contributed by atoms with E-state index < -0.39 is 0 Å². The number of aromatic nitrogens is 1. The van der Waals surface area contributed by atoms with E-state index in [0.717, 1.165) is 27.6 Å². The van der Waals surface area contributed by atoms with Crippen molar-refractivity contribution in [1.29, 1.82) is 0 Å². The molecule has 0 spiro atoms. The van der Waals surface area contributed by atoms with Gasteiger partial charge >= 0.3 is 6.85 Å². The van der Waals surface area contributed by atoms with Gasteiger partial charge in [-0.15, -0.1) is 11.3 Å². The first kappa shape index (κ1) is 33.7. The summed E-state index contributed by atoms with van der Waals surface area (Å²) in [7, 11) is 0. The van der Waals surface area contributed by atoms with Crippen LogP contribution in [0.5, 0.6) is 0 Å². The normalized spacial score (nSPS) is 13.4. The molecule has 3 aromatic heterocycles. The van der Waals surface area contributed by atoms with Crippen molar-refractivity contribution in [2.45, 2.75) is 26.2 Å². The monoisotopic (exact) mass is 796 g/mol. The summed E-state index contributed by atoms with van der Waals surface area (Å²) in [6.07, 6.45) is 0. The number of thiophene rings is 1.